The molecule has 3 rings (SSSR count). The molecule has 1 aromatic heterocycles. The van der Waals surface area contributed by atoms with E-state index >= 15 is 0 Å². The molecule has 150 valence electrons. The number of rotatable bonds is 5. The first kappa shape index (κ1) is 20.1. The average molecular weight is 415 g/mol. The minimum Gasteiger partial charge on any atom is -0.472 e. The maximum atomic E-state index is 12.7. The van der Waals surface area contributed by atoms with Crippen molar-refractivity contribution in [1.29, 1.82) is 0 Å². The maximum Gasteiger partial charge on any atom is 0.433 e. The highest BCUT2D eigenvalue weighted by molar-refractivity contribution is 7.89. The lowest BCUT2D eigenvalue weighted by molar-refractivity contribution is -0.141. The maximum absolute atomic E-state index is 12.7. The number of ether oxygens (including phenoxy) is 1. The minimum atomic E-state index is -4.59. The lowest BCUT2D eigenvalue weighted by Gasteiger charge is -2.37. The second-order valence-corrected chi connectivity index (χ2v) is 8.06. The van der Waals surface area contributed by atoms with Gasteiger partial charge in [0.2, 0.25) is 21.8 Å². The second-order valence-electron chi connectivity index (χ2n) is 6.13. The van der Waals surface area contributed by atoms with Crippen LogP contribution >= 0.6 is 0 Å². The van der Waals surface area contributed by atoms with Gasteiger partial charge in [-0.25, -0.2) is 13.4 Å². The summed E-state index contributed by atoms with van der Waals surface area (Å²) in [5, 5.41) is 2.54. The van der Waals surface area contributed by atoms with Gasteiger partial charge in [0.05, 0.1) is 18.0 Å². The van der Waals surface area contributed by atoms with Crippen LogP contribution in [0, 0.1) is 0 Å². The molecule has 0 bridgehead atoms. The summed E-state index contributed by atoms with van der Waals surface area (Å²) in [5.74, 6) is -0.488. The third-order valence-corrected chi connectivity index (χ3v) is 5.77. The number of amides is 1. The van der Waals surface area contributed by atoms with Crippen LogP contribution in [0.1, 0.15) is 12.6 Å². The lowest BCUT2D eigenvalue weighted by Crippen LogP contribution is -2.56. The highest BCUT2D eigenvalue weighted by atomic mass is 32.2. The van der Waals surface area contributed by atoms with Gasteiger partial charge in [-0.3, -0.25) is 4.79 Å². The van der Waals surface area contributed by atoms with E-state index < -0.39 is 28.0 Å². The number of hydrogen-bond donors (Lipinski definition) is 1. The standard InChI is InChI=1S/C17H16F3N3O4S/c1-11(24)21-12-5-7-14(8-6-12)28(25,26)23-9-13(10-23)27-16-4-2-3-15(22-16)17(18,19)20/h2-8,13H,9-10H2,1H3,(H,21,24). The van der Waals surface area contributed by atoms with Crippen LogP contribution in [0.5, 0.6) is 5.88 Å². The van der Waals surface area contributed by atoms with Gasteiger partial charge in [0, 0.05) is 18.7 Å². The van der Waals surface area contributed by atoms with E-state index in [0.29, 0.717) is 5.69 Å². The van der Waals surface area contributed by atoms with Crippen molar-refractivity contribution in [3.8, 4) is 5.88 Å². The highest BCUT2D eigenvalue weighted by Gasteiger charge is 2.39. The molecular formula is C17H16F3N3O4S. The number of halogens is 3. The summed E-state index contributed by atoms with van der Waals surface area (Å²) < 4.78 is 69.6. The average Bonchev–Trinajstić information content (AvgIpc) is 2.57. The first-order valence-electron chi connectivity index (χ1n) is 8.14. The van der Waals surface area contributed by atoms with Gasteiger partial charge < -0.3 is 10.1 Å². The topological polar surface area (TPSA) is 88.6 Å². The van der Waals surface area contributed by atoms with Crippen molar-refractivity contribution in [3.63, 3.8) is 0 Å². The molecule has 1 aliphatic rings. The molecule has 2 heterocycles. The fraction of sp³-hybridized carbons (Fsp3) is 0.294. The molecule has 0 aliphatic carbocycles. The molecule has 0 atom stereocenters. The molecule has 0 spiro atoms. The van der Waals surface area contributed by atoms with E-state index in [0.717, 1.165) is 10.4 Å². The van der Waals surface area contributed by atoms with Crippen LogP contribution in [0.25, 0.3) is 0 Å². The monoisotopic (exact) mass is 415 g/mol. The largest absolute Gasteiger partial charge is 0.472 e. The number of carbonyl (C=O) groups is 1. The molecule has 0 unspecified atom stereocenters. The van der Waals surface area contributed by atoms with Gasteiger partial charge in [0.25, 0.3) is 0 Å². The van der Waals surface area contributed by atoms with E-state index in [1.807, 2.05) is 0 Å². The van der Waals surface area contributed by atoms with Gasteiger partial charge in [-0.2, -0.15) is 17.5 Å². The first-order chi connectivity index (χ1) is 13.1. The number of pyridine rings is 1. The number of hydrogen-bond acceptors (Lipinski definition) is 5. The molecule has 1 aliphatic heterocycles. The molecule has 1 fully saturated rings. The van der Waals surface area contributed by atoms with Gasteiger partial charge in [-0.05, 0) is 30.3 Å². The first-order valence-corrected chi connectivity index (χ1v) is 9.58. The zero-order valence-corrected chi connectivity index (χ0v) is 15.4. The molecule has 0 saturated carbocycles. The molecule has 7 nitrogen and oxygen atoms in total. The predicted octanol–water partition coefficient (Wildman–Crippen LogP) is 2.51. The Morgan fingerprint density at radius 1 is 1.18 bits per heavy atom. The quantitative estimate of drug-likeness (QED) is 0.811. The van der Waals surface area contributed by atoms with E-state index in [-0.39, 0.29) is 29.8 Å². The van der Waals surface area contributed by atoms with Crippen LogP contribution in [-0.4, -0.2) is 42.8 Å². The Morgan fingerprint density at radius 2 is 1.82 bits per heavy atom. The summed E-state index contributed by atoms with van der Waals surface area (Å²) in [4.78, 5) is 14.4. The minimum absolute atomic E-state index is 0.00624. The zero-order valence-electron chi connectivity index (χ0n) is 14.6. The summed E-state index contributed by atoms with van der Waals surface area (Å²) in [6.07, 6.45) is -5.18. The summed E-state index contributed by atoms with van der Waals surface area (Å²) in [6, 6.07) is 8.95. The third kappa shape index (κ3) is 4.42. The Hall–Kier alpha value is -2.66. The van der Waals surface area contributed by atoms with Crippen molar-refractivity contribution in [2.75, 3.05) is 18.4 Å². The summed E-state index contributed by atoms with van der Waals surface area (Å²) >= 11 is 0. The smallest absolute Gasteiger partial charge is 0.433 e. The van der Waals surface area contributed by atoms with Crippen LogP contribution < -0.4 is 10.1 Å². The summed E-state index contributed by atoms with van der Waals surface area (Å²) in [6.45, 7) is 1.32. The number of nitrogens with zero attached hydrogens (tertiary/aromatic N) is 2. The summed E-state index contributed by atoms with van der Waals surface area (Å²) in [7, 11) is -3.76. The molecule has 0 radical (unpaired) electrons. The Kier molecular flexibility index (Phi) is 5.31. The van der Waals surface area contributed by atoms with E-state index in [1.54, 1.807) is 0 Å². The van der Waals surface area contributed by atoms with Crippen LogP contribution in [0.4, 0.5) is 18.9 Å². The molecule has 1 amide bonds. The van der Waals surface area contributed by atoms with E-state index in [2.05, 4.69) is 10.3 Å². The Balaban J connectivity index is 1.62. The Morgan fingerprint density at radius 3 is 2.39 bits per heavy atom. The van der Waals surface area contributed by atoms with Crippen LogP contribution in [0.2, 0.25) is 0 Å². The predicted molar refractivity (Wildman–Crippen MR) is 93.2 cm³/mol. The van der Waals surface area contributed by atoms with E-state index in [1.165, 1.54) is 43.3 Å². The van der Waals surface area contributed by atoms with E-state index in [4.69, 9.17) is 4.74 Å². The number of carbonyl (C=O) groups excluding carboxylic acids is 1. The van der Waals surface area contributed by atoms with Gasteiger partial charge >= 0.3 is 6.18 Å². The normalized spacial score (nSPS) is 15.7. The number of aromatic nitrogens is 1. The van der Waals surface area contributed by atoms with Gasteiger partial charge in [-0.1, -0.05) is 6.07 Å². The number of nitrogens with one attached hydrogen (secondary N) is 1. The zero-order chi connectivity index (χ0) is 20.5. The molecule has 1 saturated heterocycles. The second kappa shape index (κ2) is 7.40. The van der Waals surface area contributed by atoms with Gasteiger partial charge in [0.1, 0.15) is 11.8 Å². The van der Waals surface area contributed by atoms with Crippen molar-refractivity contribution in [2.24, 2.45) is 0 Å². The molecule has 1 aromatic carbocycles. The van der Waals surface area contributed by atoms with Gasteiger partial charge in [0.15, 0.2) is 0 Å². The number of alkyl halides is 3. The van der Waals surface area contributed by atoms with Crippen molar-refractivity contribution in [1.82, 2.24) is 9.29 Å². The van der Waals surface area contributed by atoms with Crippen molar-refractivity contribution in [2.45, 2.75) is 24.1 Å². The van der Waals surface area contributed by atoms with Gasteiger partial charge in [-0.15, -0.1) is 0 Å². The fourth-order valence-corrected chi connectivity index (χ4v) is 4.05. The molecule has 11 heteroatoms. The van der Waals surface area contributed by atoms with Crippen LogP contribution in [-0.2, 0) is 21.0 Å². The highest BCUT2D eigenvalue weighted by Crippen LogP contribution is 2.30. The molecule has 1 N–H and O–H groups in total. The fourth-order valence-electron chi connectivity index (χ4n) is 2.54. The number of sulfonamides is 1. The number of anilines is 1. The van der Waals surface area contributed by atoms with Crippen molar-refractivity contribution < 1.29 is 31.1 Å². The van der Waals surface area contributed by atoms with Crippen LogP contribution in [0.3, 0.4) is 0 Å². The third-order valence-electron chi connectivity index (χ3n) is 3.93. The van der Waals surface area contributed by atoms with Crippen LogP contribution in [0.15, 0.2) is 47.4 Å². The lowest BCUT2D eigenvalue weighted by atomic mass is 10.2. The molecule has 28 heavy (non-hydrogen) atoms. The summed E-state index contributed by atoms with van der Waals surface area (Å²) in [5.41, 5.74) is -0.611. The van der Waals surface area contributed by atoms with Crippen molar-refractivity contribution >= 4 is 21.6 Å². The Bertz CT molecular complexity index is 972. The Labute approximate surface area is 159 Å². The molecular weight excluding hydrogens is 399 g/mol. The van der Waals surface area contributed by atoms with Crippen molar-refractivity contribution in [3.05, 3.63) is 48.2 Å². The molecule has 2 aromatic rings. The SMILES string of the molecule is CC(=O)Nc1ccc(S(=O)(=O)N2CC(Oc3cccc(C(F)(F)F)n3)C2)cc1. The number of benzene rings is 1. The van der Waals surface area contributed by atoms with E-state index in [9.17, 15) is 26.4 Å².